The van der Waals surface area contributed by atoms with Crippen LogP contribution in [-0.4, -0.2) is 59.8 Å². The molecule has 40 heavy (non-hydrogen) atoms. The first-order valence-electron chi connectivity index (χ1n) is 14.6. The monoisotopic (exact) mass is 545 g/mol. The van der Waals surface area contributed by atoms with Crippen molar-refractivity contribution in [1.82, 2.24) is 9.47 Å². The number of likely N-dealkylation sites (tertiary alicyclic amines) is 1. The van der Waals surface area contributed by atoms with Gasteiger partial charge in [0, 0.05) is 43.5 Å². The van der Waals surface area contributed by atoms with Crippen LogP contribution in [0.3, 0.4) is 0 Å². The fourth-order valence-corrected chi connectivity index (χ4v) is 6.33. The molecule has 1 aliphatic heterocycles. The number of rotatable bonds is 8. The second kappa shape index (κ2) is 12.1. The number of para-hydroxylation sites is 1. The summed E-state index contributed by atoms with van der Waals surface area (Å²) in [6.07, 6.45) is 7.99. The van der Waals surface area contributed by atoms with Crippen LogP contribution in [0.15, 0.2) is 42.6 Å². The number of benzene rings is 2. The summed E-state index contributed by atoms with van der Waals surface area (Å²) < 4.78 is 13.9. The van der Waals surface area contributed by atoms with E-state index in [1.165, 1.54) is 12.8 Å². The van der Waals surface area contributed by atoms with Crippen molar-refractivity contribution in [2.75, 3.05) is 25.6 Å². The summed E-state index contributed by atoms with van der Waals surface area (Å²) in [6.45, 7) is 7.46. The molecule has 7 heteroatoms. The number of aryl methyl sites for hydroxylation is 3. The van der Waals surface area contributed by atoms with Crippen LogP contribution in [0.4, 0.5) is 5.69 Å². The molecule has 2 atom stereocenters. The van der Waals surface area contributed by atoms with Gasteiger partial charge in [0.15, 0.2) is 0 Å². The predicted molar refractivity (Wildman–Crippen MR) is 159 cm³/mol. The van der Waals surface area contributed by atoms with Crippen molar-refractivity contribution in [2.45, 2.75) is 77.5 Å². The van der Waals surface area contributed by atoms with E-state index in [0.717, 1.165) is 58.5 Å². The molecule has 1 aromatic heterocycles. The number of carbonyl (C=O) groups is 2. The minimum Gasteiger partial charge on any atom is -0.380 e. The van der Waals surface area contributed by atoms with Crippen LogP contribution in [0.5, 0.6) is 0 Å². The zero-order valence-corrected chi connectivity index (χ0v) is 24.5. The van der Waals surface area contributed by atoms with E-state index in [0.29, 0.717) is 31.2 Å². The molecule has 0 unspecified atom stereocenters. The number of hydrogen-bond donors (Lipinski definition) is 1. The minimum absolute atomic E-state index is 0.0393. The van der Waals surface area contributed by atoms with Crippen molar-refractivity contribution < 1.29 is 19.1 Å². The van der Waals surface area contributed by atoms with Gasteiger partial charge in [-0.1, -0.05) is 31.2 Å². The molecule has 2 heterocycles. The van der Waals surface area contributed by atoms with Crippen molar-refractivity contribution in [3.63, 3.8) is 0 Å². The van der Waals surface area contributed by atoms with Gasteiger partial charge >= 0.3 is 0 Å². The number of nitrogens with one attached hydrogen (secondary N) is 1. The molecule has 2 aliphatic rings. The van der Waals surface area contributed by atoms with Gasteiger partial charge in [-0.05, 0) is 80.7 Å². The molecule has 0 radical (unpaired) electrons. The quantitative estimate of drug-likeness (QED) is 0.388. The van der Waals surface area contributed by atoms with E-state index in [-0.39, 0.29) is 24.0 Å². The lowest BCUT2D eigenvalue weighted by Crippen LogP contribution is -2.40. The minimum atomic E-state index is -0.138. The maximum atomic E-state index is 13.6. The molecule has 7 nitrogen and oxygen atoms in total. The summed E-state index contributed by atoms with van der Waals surface area (Å²) in [5, 5.41) is 4.03. The van der Waals surface area contributed by atoms with Crippen LogP contribution < -0.4 is 5.32 Å². The molecule has 2 aromatic carbocycles. The number of methoxy groups -OCH3 is 1. The first kappa shape index (κ1) is 28.4. The van der Waals surface area contributed by atoms with Crippen molar-refractivity contribution in [3.05, 3.63) is 64.8 Å². The molecular formula is C33H43N3O4. The Morgan fingerprint density at radius 1 is 1.02 bits per heavy atom. The lowest BCUT2D eigenvalue weighted by atomic mass is 9.89. The molecule has 1 saturated carbocycles. The van der Waals surface area contributed by atoms with E-state index < -0.39 is 0 Å². The van der Waals surface area contributed by atoms with Gasteiger partial charge in [-0.15, -0.1) is 0 Å². The number of amides is 2. The number of carbonyl (C=O) groups excluding carboxylic acids is 2. The summed E-state index contributed by atoms with van der Waals surface area (Å²) in [6, 6.07) is 12.0. The molecular weight excluding hydrogens is 502 g/mol. The Kier molecular flexibility index (Phi) is 8.62. The standard InChI is InChI=1S/C33H43N3O4/c1-21-10-12-26(13-11-21)40-20-25-17-27(39-5)18-36(25)32(37)16-24-14-23(3)30(15-22(24)2)34-33(38)29-19-35(4)31-9-7-6-8-28(29)31/h6-9,14-15,19,21,25-27H,10-13,16-18,20H2,1-5H3,(H,34,38)/t21?,25-,26?,27-/m0/s1. The van der Waals surface area contributed by atoms with E-state index >= 15 is 0 Å². The second-order valence-electron chi connectivity index (χ2n) is 11.9. The number of fused-ring (bicyclic) bond motifs is 1. The topological polar surface area (TPSA) is 72.8 Å². The normalized spacial score (nSPS) is 23.1. The summed E-state index contributed by atoms with van der Waals surface area (Å²) in [4.78, 5) is 28.7. The molecule has 5 rings (SSSR count). The lowest BCUT2D eigenvalue weighted by Gasteiger charge is -2.30. The van der Waals surface area contributed by atoms with Gasteiger partial charge in [0.2, 0.25) is 5.91 Å². The molecule has 1 aliphatic carbocycles. The first-order valence-corrected chi connectivity index (χ1v) is 14.6. The van der Waals surface area contributed by atoms with Gasteiger partial charge in [-0.2, -0.15) is 0 Å². The average Bonchev–Trinajstić information content (AvgIpc) is 3.52. The zero-order valence-electron chi connectivity index (χ0n) is 24.5. The highest BCUT2D eigenvalue weighted by Gasteiger charge is 2.36. The molecule has 1 saturated heterocycles. The van der Waals surface area contributed by atoms with E-state index in [1.807, 2.05) is 73.0 Å². The average molecular weight is 546 g/mol. The molecule has 0 spiro atoms. The van der Waals surface area contributed by atoms with E-state index in [1.54, 1.807) is 7.11 Å². The molecule has 1 N–H and O–H groups in total. The van der Waals surface area contributed by atoms with Crippen LogP contribution in [0.1, 0.15) is 66.1 Å². The third kappa shape index (κ3) is 6.11. The maximum Gasteiger partial charge on any atom is 0.257 e. The molecule has 2 fully saturated rings. The van der Waals surface area contributed by atoms with Crippen LogP contribution in [0, 0.1) is 19.8 Å². The van der Waals surface area contributed by atoms with E-state index in [4.69, 9.17) is 9.47 Å². The Labute approximate surface area is 237 Å². The summed E-state index contributed by atoms with van der Waals surface area (Å²) >= 11 is 0. The number of hydrogen-bond acceptors (Lipinski definition) is 4. The number of ether oxygens (including phenoxy) is 2. The highest BCUT2D eigenvalue weighted by molar-refractivity contribution is 6.13. The Morgan fingerprint density at radius 2 is 1.77 bits per heavy atom. The van der Waals surface area contributed by atoms with Crippen LogP contribution in [0.25, 0.3) is 10.9 Å². The zero-order chi connectivity index (χ0) is 28.4. The van der Waals surface area contributed by atoms with Crippen molar-refractivity contribution in [1.29, 1.82) is 0 Å². The molecule has 2 amide bonds. The van der Waals surface area contributed by atoms with Gasteiger partial charge in [0.1, 0.15) is 0 Å². The summed E-state index contributed by atoms with van der Waals surface area (Å²) in [7, 11) is 3.67. The van der Waals surface area contributed by atoms with E-state index in [2.05, 4.69) is 12.2 Å². The highest BCUT2D eigenvalue weighted by atomic mass is 16.5. The van der Waals surface area contributed by atoms with Crippen molar-refractivity contribution in [2.24, 2.45) is 13.0 Å². The predicted octanol–water partition coefficient (Wildman–Crippen LogP) is 5.80. The maximum absolute atomic E-state index is 13.6. The third-order valence-electron chi connectivity index (χ3n) is 8.93. The summed E-state index contributed by atoms with van der Waals surface area (Å²) in [5.74, 6) is 0.744. The Hall–Kier alpha value is -3.16. The van der Waals surface area contributed by atoms with E-state index in [9.17, 15) is 9.59 Å². The summed E-state index contributed by atoms with van der Waals surface area (Å²) in [5.41, 5.74) is 5.33. The Bertz CT molecular complexity index is 1370. The number of aromatic nitrogens is 1. The second-order valence-corrected chi connectivity index (χ2v) is 11.9. The number of nitrogens with zero attached hydrogens (tertiary/aromatic N) is 2. The largest absolute Gasteiger partial charge is 0.380 e. The van der Waals surface area contributed by atoms with Crippen LogP contribution in [0.2, 0.25) is 0 Å². The Morgan fingerprint density at radius 3 is 2.52 bits per heavy atom. The van der Waals surface area contributed by atoms with Gasteiger partial charge in [-0.3, -0.25) is 9.59 Å². The van der Waals surface area contributed by atoms with Crippen LogP contribution >= 0.6 is 0 Å². The number of anilines is 1. The van der Waals surface area contributed by atoms with Crippen molar-refractivity contribution in [3.8, 4) is 0 Å². The fraction of sp³-hybridized carbons (Fsp3) is 0.515. The molecule has 3 aromatic rings. The lowest BCUT2D eigenvalue weighted by molar-refractivity contribution is -0.133. The van der Waals surface area contributed by atoms with Gasteiger partial charge in [-0.25, -0.2) is 0 Å². The highest BCUT2D eigenvalue weighted by Crippen LogP contribution is 2.29. The van der Waals surface area contributed by atoms with Crippen LogP contribution in [-0.2, 0) is 27.7 Å². The molecule has 0 bridgehead atoms. The SMILES string of the molecule is CO[C@H]1C[C@@H](COC2CCC(C)CC2)N(C(=O)Cc2cc(C)c(NC(=O)c3cn(C)c4ccccc34)cc2C)C1. The third-order valence-corrected chi connectivity index (χ3v) is 8.93. The van der Waals surface area contributed by atoms with Gasteiger partial charge in [0.25, 0.3) is 5.91 Å². The van der Waals surface area contributed by atoms with Gasteiger partial charge in [0.05, 0.1) is 36.8 Å². The smallest absolute Gasteiger partial charge is 0.257 e. The Balaban J connectivity index is 1.25. The molecule has 214 valence electrons. The first-order chi connectivity index (χ1) is 19.2. The van der Waals surface area contributed by atoms with Gasteiger partial charge < -0.3 is 24.3 Å². The fourth-order valence-electron chi connectivity index (χ4n) is 6.33. The van der Waals surface area contributed by atoms with Crippen molar-refractivity contribution >= 4 is 28.4 Å².